The minimum Gasteiger partial charge on any atom is -0.354 e. The Morgan fingerprint density at radius 2 is 1.20 bits per heavy atom. The van der Waals surface area contributed by atoms with Crippen LogP contribution in [0.25, 0.3) is 0 Å². The van der Waals surface area contributed by atoms with Crippen LogP contribution in [-0.4, -0.2) is 234 Å². The second kappa shape index (κ2) is 34.7. The third-order valence-electron chi connectivity index (χ3n) is 19.5. The number of alkyl halides is 5. The summed E-state index contributed by atoms with van der Waals surface area (Å²) in [5.41, 5.74) is -2.60. The zero-order valence-electron chi connectivity index (χ0n) is 57.2. The van der Waals surface area contributed by atoms with Gasteiger partial charge >= 0.3 is 6.18 Å². The average molecular weight is 1360 g/mol. The summed E-state index contributed by atoms with van der Waals surface area (Å²) >= 11 is 0. The van der Waals surface area contributed by atoms with Crippen molar-refractivity contribution in [3.8, 4) is 0 Å². The monoisotopic (exact) mass is 1360 g/mol. The van der Waals surface area contributed by atoms with Gasteiger partial charge in [-0.15, -0.1) is 0 Å². The van der Waals surface area contributed by atoms with Gasteiger partial charge in [0.05, 0.1) is 26.2 Å². The number of nitrogens with one attached hydrogen (secondary N) is 3. The van der Waals surface area contributed by atoms with Crippen molar-refractivity contribution in [1.29, 1.82) is 0 Å². The highest BCUT2D eigenvalue weighted by Gasteiger charge is 2.51. The number of amides is 11. The number of fused-ring (bicyclic) bond motifs is 1. The van der Waals surface area contributed by atoms with Crippen molar-refractivity contribution in [3.05, 3.63) is 34.9 Å². The first kappa shape index (κ1) is 78.6. The Morgan fingerprint density at radius 3 is 1.79 bits per heavy atom. The molecule has 11 amide bonds. The lowest BCUT2D eigenvalue weighted by atomic mass is 9.84. The van der Waals surface area contributed by atoms with Gasteiger partial charge < -0.3 is 55.1 Å². The van der Waals surface area contributed by atoms with E-state index < -0.39 is 193 Å². The molecule has 8 atom stereocenters. The number of carbonyl (C=O) groups excluding carboxylic acids is 11. The van der Waals surface area contributed by atoms with Crippen LogP contribution in [0.15, 0.2) is 12.1 Å². The van der Waals surface area contributed by atoms with Crippen molar-refractivity contribution in [3.63, 3.8) is 0 Å². The van der Waals surface area contributed by atoms with Gasteiger partial charge in [0.25, 0.3) is 5.92 Å². The Kier molecular flexibility index (Phi) is 28.7. The quantitative estimate of drug-likeness (QED) is 0.237. The molecular formula is C66H100F7N11O11. The summed E-state index contributed by atoms with van der Waals surface area (Å²) in [7, 11) is 9.76. The number of rotatable bonds is 10. The molecule has 5 rings (SSSR count). The molecule has 0 bridgehead atoms. The van der Waals surface area contributed by atoms with Crippen molar-refractivity contribution in [2.45, 2.75) is 211 Å². The molecule has 534 valence electrons. The van der Waals surface area contributed by atoms with Gasteiger partial charge in [-0.05, 0) is 99.7 Å². The first-order valence-corrected chi connectivity index (χ1v) is 33.3. The molecule has 1 aromatic rings. The fourth-order valence-corrected chi connectivity index (χ4v) is 13.2. The SMILES string of the molecule is CC[C@H](C)C1NC(=O)[C@H](CC(C)C)N(C)C(=O)C[C@@H](C)N(C)C(=O)[C@H](C2CCCC2)N(C)C(=O)CCCCNC(=O)[C@@H]2CC(F)(F)CN2C(=O)[C@H](CCc2cc(F)c(C(F)(F)F)c(F)c2)NC(=O)CN(C)C(=O)[C@H](CC2CCCCC2)N(C)C(=O)CN(C)C(=O)CN(C)C1=O. The molecule has 0 aromatic heterocycles. The van der Waals surface area contributed by atoms with Crippen LogP contribution in [0.5, 0.6) is 0 Å². The predicted molar refractivity (Wildman–Crippen MR) is 337 cm³/mol. The number of likely N-dealkylation sites (N-methyl/N-ethyl adjacent to an activating group) is 7. The van der Waals surface area contributed by atoms with Crippen LogP contribution in [0.2, 0.25) is 0 Å². The van der Waals surface area contributed by atoms with Gasteiger partial charge in [-0.25, -0.2) is 17.6 Å². The molecule has 22 nitrogen and oxygen atoms in total. The summed E-state index contributed by atoms with van der Waals surface area (Å²) in [6.45, 7) is 5.47. The number of benzene rings is 1. The van der Waals surface area contributed by atoms with E-state index in [-0.39, 0.29) is 62.8 Å². The highest BCUT2D eigenvalue weighted by Crippen LogP contribution is 2.37. The maximum atomic E-state index is 15.5. The van der Waals surface area contributed by atoms with Crippen molar-refractivity contribution in [1.82, 2.24) is 55.1 Å². The Morgan fingerprint density at radius 1 is 0.621 bits per heavy atom. The summed E-state index contributed by atoms with van der Waals surface area (Å²) in [5, 5.41) is 7.80. The number of nitrogens with zero attached hydrogens (tertiary/aromatic N) is 8. The molecule has 29 heteroatoms. The predicted octanol–water partition coefficient (Wildman–Crippen LogP) is 5.77. The summed E-state index contributed by atoms with van der Waals surface area (Å²) in [6, 6.07) is -8.17. The van der Waals surface area contributed by atoms with Crippen LogP contribution in [0.1, 0.15) is 161 Å². The van der Waals surface area contributed by atoms with Crippen molar-refractivity contribution >= 4 is 65.0 Å². The van der Waals surface area contributed by atoms with Crippen molar-refractivity contribution in [2.75, 3.05) is 82.1 Å². The Bertz CT molecular complexity index is 2890. The number of halogens is 7. The van der Waals surface area contributed by atoms with E-state index >= 15 is 8.78 Å². The Hall–Kier alpha value is -7.10. The summed E-state index contributed by atoms with van der Waals surface area (Å²) < 4.78 is 101. The van der Waals surface area contributed by atoms with Crippen molar-refractivity contribution < 1.29 is 83.5 Å². The standard InChI is InChI=1S/C66H100F7N11O11/c1-13-40(4)57-63(94)79(8)36-54(88)77(6)37-55(89)82(11)49(33-42-21-15-14-16-22-42)62(93)78(7)35-51(85)75-47(27-26-43-31-45(67)56(46(68)32-43)66(71,72)73)61(92)84-38-65(69,70)34-50(84)59(90)74-28-20-19-25-52(86)83(12)58(44-23-17-18-24-44)64(95)80(9)41(5)30-53(87)81(10)48(29-39(2)3)60(91)76-57/h31-32,39-42,44,47-50,57-58H,13-30,33-38H2,1-12H3,(H,74,90)(H,75,85)(H,76,91)/t40-,41+,47-,48-,49-,50-,57?,58-/m0/s1. The first-order chi connectivity index (χ1) is 44.4. The van der Waals surface area contributed by atoms with Gasteiger partial charge in [-0.1, -0.05) is 79.1 Å². The summed E-state index contributed by atoms with van der Waals surface area (Å²) in [4.78, 5) is 166. The maximum absolute atomic E-state index is 15.5. The lowest BCUT2D eigenvalue weighted by molar-refractivity contribution is -0.149. The molecule has 3 N–H and O–H groups in total. The van der Waals surface area contributed by atoms with E-state index in [0.717, 1.165) is 51.7 Å². The molecule has 2 aliphatic carbocycles. The number of hydrogen-bond acceptors (Lipinski definition) is 11. The molecule has 2 saturated heterocycles. The molecule has 4 fully saturated rings. The van der Waals surface area contributed by atoms with E-state index in [4.69, 9.17) is 0 Å². The summed E-state index contributed by atoms with van der Waals surface area (Å²) in [6.07, 6.45) is -0.365. The molecule has 1 aromatic carbocycles. The largest absolute Gasteiger partial charge is 0.422 e. The number of aryl methyl sites for hydroxylation is 1. The van der Waals surface area contributed by atoms with Crippen LogP contribution in [0, 0.1) is 35.3 Å². The molecule has 4 aliphatic rings. The van der Waals surface area contributed by atoms with Gasteiger partial charge in [0.2, 0.25) is 65.0 Å². The van der Waals surface area contributed by atoms with E-state index in [2.05, 4.69) is 16.0 Å². The Labute approximate surface area is 553 Å². The van der Waals surface area contributed by atoms with Crippen LogP contribution < -0.4 is 16.0 Å². The molecule has 0 radical (unpaired) electrons. The summed E-state index contributed by atoms with van der Waals surface area (Å²) in [5.74, 6) is -16.7. The van der Waals surface area contributed by atoms with Gasteiger partial charge in [0.1, 0.15) is 53.4 Å². The lowest BCUT2D eigenvalue weighted by Crippen LogP contribution is -2.58. The zero-order chi connectivity index (χ0) is 71.1. The second-order valence-electron chi connectivity index (χ2n) is 27.3. The maximum Gasteiger partial charge on any atom is 0.422 e. The second-order valence-corrected chi connectivity index (χ2v) is 27.3. The molecular weight excluding hydrogens is 1260 g/mol. The van der Waals surface area contributed by atoms with Gasteiger partial charge in [-0.2, -0.15) is 13.2 Å². The average Bonchev–Trinajstić information content (AvgIpc) is 1.76. The van der Waals surface area contributed by atoms with Crippen LogP contribution >= 0.6 is 0 Å². The van der Waals surface area contributed by atoms with E-state index in [9.17, 15) is 74.7 Å². The molecule has 2 saturated carbocycles. The van der Waals surface area contributed by atoms with Gasteiger partial charge in [0, 0.05) is 81.2 Å². The van der Waals surface area contributed by atoms with Crippen molar-refractivity contribution in [2.24, 2.45) is 23.7 Å². The molecule has 1 unspecified atom stereocenters. The van der Waals surface area contributed by atoms with E-state index in [1.807, 2.05) is 20.8 Å². The molecule has 0 spiro atoms. The third kappa shape index (κ3) is 21.4. The molecule has 2 aliphatic heterocycles. The van der Waals surface area contributed by atoms with Gasteiger partial charge in [-0.3, -0.25) is 52.7 Å². The van der Waals surface area contributed by atoms with E-state index in [1.165, 1.54) is 64.0 Å². The minimum atomic E-state index is -5.43. The molecule has 95 heavy (non-hydrogen) atoms. The minimum absolute atomic E-state index is 0.0668. The highest BCUT2D eigenvalue weighted by molar-refractivity contribution is 5.97. The van der Waals surface area contributed by atoms with Crippen LogP contribution in [-0.2, 0) is 65.3 Å². The fraction of sp³-hybridized carbons (Fsp3) is 0.742. The van der Waals surface area contributed by atoms with E-state index in [1.54, 1.807) is 13.8 Å². The molecule has 2 heterocycles. The van der Waals surface area contributed by atoms with Crippen LogP contribution in [0.3, 0.4) is 0 Å². The number of hydrogen-bond donors (Lipinski definition) is 3. The zero-order valence-corrected chi connectivity index (χ0v) is 57.2. The normalized spacial score (nSPS) is 26.4. The van der Waals surface area contributed by atoms with E-state index in [0.29, 0.717) is 49.1 Å². The van der Waals surface area contributed by atoms with Crippen LogP contribution in [0.4, 0.5) is 30.7 Å². The highest BCUT2D eigenvalue weighted by atomic mass is 19.4. The number of carbonyl (C=O) groups is 11. The third-order valence-corrected chi connectivity index (χ3v) is 19.5. The topological polar surface area (TPSA) is 250 Å². The first-order valence-electron chi connectivity index (χ1n) is 33.3. The lowest BCUT2D eigenvalue weighted by Gasteiger charge is -2.37. The van der Waals surface area contributed by atoms with Gasteiger partial charge in [0.15, 0.2) is 0 Å². The smallest absolute Gasteiger partial charge is 0.354 e. The Balaban J connectivity index is 1.50. The fourth-order valence-electron chi connectivity index (χ4n) is 13.2.